The molecule has 1 aromatic heterocycles. The fourth-order valence-corrected chi connectivity index (χ4v) is 2.73. The third-order valence-electron chi connectivity index (χ3n) is 3.83. The van der Waals surface area contributed by atoms with E-state index in [1.165, 1.54) is 18.5 Å². The summed E-state index contributed by atoms with van der Waals surface area (Å²) >= 11 is 0. The lowest BCUT2D eigenvalue weighted by molar-refractivity contribution is -0.388. The molecule has 22 heavy (non-hydrogen) atoms. The lowest BCUT2D eigenvalue weighted by Gasteiger charge is -2.36. The Hall–Kier alpha value is -2.64. The molecular formula is C14H16FN5O2. The van der Waals surface area contributed by atoms with Crippen LogP contribution in [-0.4, -0.2) is 40.7 Å². The minimum atomic E-state index is -0.457. The molecule has 0 aliphatic carbocycles. The molecule has 8 heteroatoms. The Morgan fingerprint density at radius 1 is 1.14 bits per heavy atom. The van der Waals surface area contributed by atoms with Crippen LogP contribution in [0.4, 0.5) is 21.7 Å². The van der Waals surface area contributed by atoms with E-state index in [4.69, 9.17) is 0 Å². The van der Waals surface area contributed by atoms with Crippen LogP contribution < -0.4 is 9.80 Å². The maximum absolute atomic E-state index is 13.0. The lowest BCUT2D eigenvalue weighted by Crippen LogP contribution is -2.47. The van der Waals surface area contributed by atoms with Gasteiger partial charge in [0, 0.05) is 38.9 Å². The van der Waals surface area contributed by atoms with Crippen molar-refractivity contribution in [3.05, 3.63) is 46.5 Å². The van der Waals surface area contributed by atoms with E-state index in [0.29, 0.717) is 32.0 Å². The Balaban J connectivity index is 1.73. The first kappa shape index (κ1) is 14.3. The Kier molecular flexibility index (Phi) is 3.66. The zero-order valence-electron chi connectivity index (χ0n) is 12.1. The largest absolute Gasteiger partial charge is 0.406 e. The summed E-state index contributed by atoms with van der Waals surface area (Å²) < 4.78 is 14.6. The molecule has 2 heterocycles. The number of nitrogens with zero attached hydrogens (tertiary/aromatic N) is 5. The minimum absolute atomic E-state index is 0.113. The van der Waals surface area contributed by atoms with Crippen molar-refractivity contribution in [2.75, 3.05) is 36.0 Å². The second-order valence-electron chi connectivity index (χ2n) is 5.21. The number of piperazine rings is 1. The number of imidazole rings is 1. The van der Waals surface area contributed by atoms with Gasteiger partial charge in [-0.1, -0.05) is 0 Å². The molecule has 1 fully saturated rings. The first-order valence-electron chi connectivity index (χ1n) is 6.97. The summed E-state index contributed by atoms with van der Waals surface area (Å²) in [5.41, 5.74) is 0.959. The molecule has 0 bridgehead atoms. The van der Waals surface area contributed by atoms with Crippen LogP contribution in [0.1, 0.15) is 0 Å². The van der Waals surface area contributed by atoms with Crippen molar-refractivity contribution in [1.29, 1.82) is 0 Å². The molecule has 1 aliphatic rings. The summed E-state index contributed by atoms with van der Waals surface area (Å²) in [5, 5.41) is 11.1. The van der Waals surface area contributed by atoms with Crippen LogP contribution in [-0.2, 0) is 7.05 Å². The SMILES string of the molecule is Cn1cnc([N+](=O)[O-])c1N1CCN(c2ccc(F)cc2)CC1. The molecule has 0 radical (unpaired) electrons. The van der Waals surface area contributed by atoms with Gasteiger partial charge in [-0.2, -0.15) is 0 Å². The van der Waals surface area contributed by atoms with Gasteiger partial charge in [0.15, 0.2) is 0 Å². The Morgan fingerprint density at radius 3 is 2.32 bits per heavy atom. The Morgan fingerprint density at radius 2 is 1.73 bits per heavy atom. The molecule has 7 nitrogen and oxygen atoms in total. The fraction of sp³-hybridized carbons (Fsp3) is 0.357. The van der Waals surface area contributed by atoms with Crippen molar-refractivity contribution in [2.24, 2.45) is 7.05 Å². The number of hydrogen-bond donors (Lipinski definition) is 0. The first-order chi connectivity index (χ1) is 10.6. The average molecular weight is 305 g/mol. The molecular weight excluding hydrogens is 289 g/mol. The van der Waals surface area contributed by atoms with E-state index >= 15 is 0 Å². The predicted octanol–water partition coefficient (Wildman–Crippen LogP) is 1.79. The van der Waals surface area contributed by atoms with Gasteiger partial charge in [0.25, 0.3) is 0 Å². The minimum Gasteiger partial charge on any atom is -0.368 e. The quantitative estimate of drug-likeness (QED) is 0.639. The van der Waals surface area contributed by atoms with Gasteiger partial charge in [0.1, 0.15) is 5.82 Å². The van der Waals surface area contributed by atoms with Crippen LogP contribution >= 0.6 is 0 Å². The number of rotatable bonds is 3. The number of benzene rings is 1. The fourth-order valence-electron chi connectivity index (χ4n) is 2.73. The van der Waals surface area contributed by atoms with Crippen LogP contribution in [0, 0.1) is 15.9 Å². The summed E-state index contributed by atoms with van der Waals surface area (Å²) in [6.07, 6.45) is 1.46. The van der Waals surface area contributed by atoms with E-state index in [1.807, 2.05) is 4.90 Å². The van der Waals surface area contributed by atoms with E-state index in [-0.39, 0.29) is 11.6 Å². The van der Waals surface area contributed by atoms with Crippen LogP contribution in [0.5, 0.6) is 0 Å². The summed E-state index contributed by atoms with van der Waals surface area (Å²) in [5.74, 6) is 0.161. The molecule has 0 saturated carbocycles. The van der Waals surface area contributed by atoms with Crippen molar-refractivity contribution < 1.29 is 9.31 Å². The molecule has 2 aromatic rings. The number of aryl methyl sites for hydroxylation is 1. The van der Waals surface area contributed by atoms with Crippen molar-refractivity contribution >= 4 is 17.3 Å². The van der Waals surface area contributed by atoms with Crippen molar-refractivity contribution in [1.82, 2.24) is 9.55 Å². The van der Waals surface area contributed by atoms with E-state index in [2.05, 4.69) is 9.88 Å². The summed E-state index contributed by atoms with van der Waals surface area (Å²) in [7, 11) is 1.75. The van der Waals surface area contributed by atoms with Gasteiger partial charge in [-0.3, -0.25) is 4.57 Å². The molecule has 0 spiro atoms. The Bertz CT molecular complexity index is 677. The second kappa shape index (κ2) is 5.63. The molecule has 1 saturated heterocycles. The third kappa shape index (κ3) is 2.59. The highest BCUT2D eigenvalue weighted by Crippen LogP contribution is 2.27. The monoisotopic (exact) mass is 305 g/mol. The zero-order chi connectivity index (χ0) is 15.7. The van der Waals surface area contributed by atoms with Gasteiger partial charge in [-0.25, -0.2) is 4.39 Å². The zero-order valence-corrected chi connectivity index (χ0v) is 12.1. The van der Waals surface area contributed by atoms with Crippen molar-refractivity contribution in [2.45, 2.75) is 0 Å². The molecule has 0 unspecified atom stereocenters. The standard InChI is InChI=1S/C14H16FN5O2/c1-17-10-16-13(20(21)22)14(17)19-8-6-18(7-9-19)12-4-2-11(15)3-5-12/h2-5,10H,6-9H2,1H3. The highest BCUT2D eigenvalue weighted by Gasteiger charge is 2.28. The van der Waals surface area contributed by atoms with Gasteiger partial charge in [0.2, 0.25) is 12.1 Å². The predicted molar refractivity (Wildman–Crippen MR) is 80.7 cm³/mol. The highest BCUT2D eigenvalue weighted by molar-refractivity contribution is 5.56. The molecule has 1 aromatic carbocycles. The van der Waals surface area contributed by atoms with Crippen LogP contribution in [0.15, 0.2) is 30.6 Å². The number of nitro groups is 1. The average Bonchev–Trinajstić information content (AvgIpc) is 2.90. The lowest BCUT2D eigenvalue weighted by atomic mass is 10.2. The van der Waals surface area contributed by atoms with Gasteiger partial charge >= 0.3 is 5.82 Å². The third-order valence-corrected chi connectivity index (χ3v) is 3.83. The van der Waals surface area contributed by atoms with Crippen molar-refractivity contribution in [3.63, 3.8) is 0 Å². The molecule has 116 valence electrons. The first-order valence-corrected chi connectivity index (χ1v) is 6.97. The summed E-state index contributed by atoms with van der Waals surface area (Å²) in [6, 6.07) is 6.37. The number of hydrogen-bond acceptors (Lipinski definition) is 5. The molecule has 0 amide bonds. The Labute approximate surface area is 126 Å². The van der Waals surface area contributed by atoms with E-state index in [9.17, 15) is 14.5 Å². The molecule has 0 atom stereocenters. The maximum Gasteiger partial charge on any atom is 0.406 e. The van der Waals surface area contributed by atoms with Gasteiger partial charge in [0.05, 0.1) is 0 Å². The normalized spacial score (nSPS) is 15.2. The number of halogens is 1. The van der Waals surface area contributed by atoms with E-state index in [0.717, 1.165) is 5.69 Å². The van der Waals surface area contributed by atoms with Gasteiger partial charge in [-0.15, -0.1) is 0 Å². The molecule has 1 aliphatic heterocycles. The summed E-state index contributed by atoms with van der Waals surface area (Å²) in [6.45, 7) is 2.73. The molecule has 0 N–H and O–H groups in total. The maximum atomic E-state index is 13.0. The van der Waals surface area contributed by atoms with Gasteiger partial charge in [-0.05, 0) is 34.2 Å². The number of aromatic nitrogens is 2. The smallest absolute Gasteiger partial charge is 0.368 e. The summed E-state index contributed by atoms with van der Waals surface area (Å²) in [4.78, 5) is 18.5. The van der Waals surface area contributed by atoms with Crippen LogP contribution in [0.25, 0.3) is 0 Å². The van der Waals surface area contributed by atoms with E-state index < -0.39 is 4.92 Å². The topological polar surface area (TPSA) is 67.4 Å². The van der Waals surface area contributed by atoms with Crippen molar-refractivity contribution in [3.8, 4) is 0 Å². The number of anilines is 2. The molecule has 3 rings (SSSR count). The van der Waals surface area contributed by atoms with Gasteiger partial charge < -0.3 is 19.9 Å². The van der Waals surface area contributed by atoms with Crippen LogP contribution in [0.2, 0.25) is 0 Å². The van der Waals surface area contributed by atoms with E-state index in [1.54, 1.807) is 23.7 Å². The highest BCUT2D eigenvalue weighted by atomic mass is 19.1. The van der Waals surface area contributed by atoms with Crippen LogP contribution in [0.3, 0.4) is 0 Å². The second-order valence-corrected chi connectivity index (χ2v) is 5.21.